The Bertz CT molecular complexity index is 68.5. The molecule has 0 aromatic heterocycles. The molecule has 1 N–H and O–H groups in total. The summed E-state index contributed by atoms with van der Waals surface area (Å²) in [5.41, 5.74) is 1.03. The maximum atomic E-state index is 8.55. The van der Waals surface area contributed by atoms with Crippen LogP contribution < -0.4 is 0 Å². The summed E-state index contributed by atoms with van der Waals surface area (Å²) in [5, 5.41) is 8.55. The van der Waals surface area contributed by atoms with Crippen molar-refractivity contribution < 1.29 is 5.11 Å². The zero-order valence-electron chi connectivity index (χ0n) is 5.35. The summed E-state index contributed by atoms with van der Waals surface area (Å²) in [6.45, 7) is 5.86. The van der Waals surface area contributed by atoms with Gasteiger partial charge in [0.1, 0.15) is 0 Å². The third kappa shape index (κ3) is 2.80. The molecular weight excluding hydrogens is 100 g/mol. The van der Waals surface area contributed by atoms with Crippen LogP contribution in [0.15, 0.2) is 11.6 Å². The standard InChI is InChI=1S/C7H13O/c1-3-5-7(4-2)6-8/h5,8H,2-4,6H2,1H3/b7-5-. The minimum Gasteiger partial charge on any atom is -0.392 e. The molecule has 47 valence electrons. The molecule has 1 nitrogen and oxygen atoms in total. The van der Waals surface area contributed by atoms with Crippen molar-refractivity contribution in [1.29, 1.82) is 0 Å². The molecule has 1 radical (unpaired) electrons. The second-order valence-electron chi connectivity index (χ2n) is 1.68. The van der Waals surface area contributed by atoms with E-state index in [2.05, 4.69) is 6.92 Å². The second-order valence-corrected chi connectivity index (χ2v) is 1.68. The van der Waals surface area contributed by atoms with Crippen LogP contribution in [0, 0.1) is 6.92 Å². The molecule has 0 fully saturated rings. The lowest BCUT2D eigenvalue weighted by atomic mass is 10.2. The minimum absolute atomic E-state index is 0.164. The molecule has 0 aliphatic carbocycles. The van der Waals surface area contributed by atoms with E-state index in [9.17, 15) is 0 Å². The van der Waals surface area contributed by atoms with Gasteiger partial charge in [0.15, 0.2) is 0 Å². The maximum absolute atomic E-state index is 8.55. The van der Waals surface area contributed by atoms with Gasteiger partial charge in [-0.15, -0.1) is 0 Å². The highest BCUT2D eigenvalue weighted by molar-refractivity contribution is 5.01. The van der Waals surface area contributed by atoms with Crippen LogP contribution in [-0.4, -0.2) is 11.7 Å². The van der Waals surface area contributed by atoms with Crippen LogP contribution in [0.25, 0.3) is 0 Å². The third-order valence-corrected chi connectivity index (χ3v) is 1.02. The van der Waals surface area contributed by atoms with Gasteiger partial charge >= 0.3 is 0 Å². The van der Waals surface area contributed by atoms with E-state index in [4.69, 9.17) is 5.11 Å². The van der Waals surface area contributed by atoms with Crippen LogP contribution >= 0.6 is 0 Å². The van der Waals surface area contributed by atoms with E-state index < -0.39 is 0 Å². The summed E-state index contributed by atoms with van der Waals surface area (Å²) in [5.74, 6) is 0. The Kier molecular flexibility index (Phi) is 4.67. The SMILES string of the molecule is [CH2]C/C(=C/CC)CO. The lowest BCUT2D eigenvalue weighted by Gasteiger charge is -1.94. The van der Waals surface area contributed by atoms with Gasteiger partial charge in [-0.25, -0.2) is 0 Å². The largest absolute Gasteiger partial charge is 0.392 e. The molecule has 8 heavy (non-hydrogen) atoms. The summed E-state index contributed by atoms with van der Waals surface area (Å²) in [7, 11) is 0. The van der Waals surface area contributed by atoms with E-state index in [1.807, 2.05) is 13.0 Å². The molecule has 0 aromatic carbocycles. The fourth-order valence-corrected chi connectivity index (χ4v) is 0.534. The van der Waals surface area contributed by atoms with Crippen LogP contribution in [-0.2, 0) is 0 Å². The second kappa shape index (κ2) is 4.85. The highest BCUT2D eigenvalue weighted by Gasteiger charge is 1.85. The smallest absolute Gasteiger partial charge is 0.0641 e. The average Bonchev–Trinajstić information content (AvgIpc) is 1.83. The van der Waals surface area contributed by atoms with Gasteiger partial charge in [-0.1, -0.05) is 13.0 Å². The molecule has 0 aliphatic rings. The number of aliphatic hydroxyl groups is 1. The van der Waals surface area contributed by atoms with Crippen molar-refractivity contribution in [2.75, 3.05) is 6.61 Å². The van der Waals surface area contributed by atoms with Gasteiger partial charge in [0, 0.05) is 0 Å². The molecule has 1 heteroatoms. The maximum Gasteiger partial charge on any atom is 0.0641 e. The fraction of sp³-hybridized carbons (Fsp3) is 0.571. The van der Waals surface area contributed by atoms with Crippen molar-refractivity contribution >= 4 is 0 Å². The van der Waals surface area contributed by atoms with Gasteiger partial charge < -0.3 is 5.11 Å². The van der Waals surface area contributed by atoms with Gasteiger partial charge in [-0.2, -0.15) is 0 Å². The monoisotopic (exact) mass is 113 g/mol. The first-order valence-electron chi connectivity index (χ1n) is 2.93. The summed E-state index contributed by atoms with van der Waals surface area (Å²) < 4.78 is 0. The number of hydrogen-bond acceptors (Lipinski definition) is 1. The van der Waals surface area contributed by atoms with Crippen molar-refractivity contribution in [3.63, 3.8) is 0 Å². The number of allylic oxidation sites excluding steroid dienone is 1. The van der Waals surface area contributed by atoms with E-state index >= 15 is 0 Å². The fourth-order valence-electron chi connectivity index (χ4n) is 0.534. The van der Waals surface area contributed by atoms with Crippen LogP contribution in [0.1, 0.15) is 19.8 Å². The molecule has 0 bridgehead atoms. The predicted octanol–water partition coefficient (Wildman–Crippen LogP) is 1.54. The first kappa shape index (κ1) is 7.70. The van der Waals surface area contributed by atoms with Crippen LogP contribution in [0.2, 0.25) is 0 Å². The van der Waals surface area contributed by atoms with Crippen LogP contribution in [0.3, 0.4) is 0 Å². The van der Waals surface area contributed by atoms with E-state index in [1.165, 1.54) is 0 Å². The summed E-state index contributed by atoms with van der Waals surface area (Å²) in [6, 6.07) is 0. The number of hydrogen-bond donors (Lipinski definition) is 1. The van der Waals surface area contributed by atoms with Gasteiger partial charge in [-0.3, -0.25) is 0 Å². The van der Waals surface area contributed by atoms with Crippen LogP contribution in [0.5, 0.6) is 0 Å². The highest BCUT2D eigenvalue weighted by atomic mass is 16.3. The Hall–Kier alpha value is -0.300. The van der Waals surface area contributed by atoms with Crippen molar-refractivity contribution in [2.24, 2.45) is 0 Å². The molecule has 0 unspecified atom stereocenters. The molecular formula is C7H13O. The molecule has 0 aliphatic heterocycles. The normalized spacial score (nSPS) is 12.1. The summed E-state index contributed by atoms with van der Waals surface area (Å²) in [4.78, 5) is 0. The van der Waals surface area contributed by atoms with Gasteiger partial charge in [-0.05, 0) is 25.3 Å². The van der Waals surface area contributed by atoms with Crippen molar-refractivity contribution in [3.05, 3.63) is 18.6 Å². The first-order valence-corrected chi connectivity index (χ1v) is 2.93. The van der Waals surface area contributed by atoms with E-state index in [-0.39, 0.29) is 6.61 Å². The highest BCUT2D eigenvalue weighted by Crippen LogP contribution is 1.98. The van der Waals surface area contributed by atoms with Crippen molar-refractivity contribution in [3.8, 4) is 0 Å². The van der Waals surface area contributed by atoms with E-state index in [0.717, 1.165) is 18.4 Å². The number of rotatable bonds is 3. The third-order valence-electron chi connectivity index (χ3n) is 1.02. The zero-order chi connectivity index (χ0) is 6.41. The van der Waals surface area contributed by atoms with Crippen LogP contribution in [0.4, 0.5) is 0 Å². The summed E-state index contributed by atoms with van der Waals surface area (Å²) in [6.07, 6.45) is 3.72. The van der Waals surface area contributed by atoms with Crippen molar-refractivity contribution in [1.82, 2.24) is 0 Å². The predicted molar refractivity (Wildman–Crippen MR) is 35.4 cm³/mol. The number of aliphatic hydroxyl groups excluding tert-OH is 1. The first-order chi connectivity index (χ1) is 3.85. The Labute approximate surface area is 51.0 Å². The summed E-state index contributed by atoms with van der Waals surface area (Å²) >= 11 is 0. The lowest BCUT2D eigenvalue weighted by molar-refractivity contribution is 0.328. The zero-order valence-corrected chi connectivity index (χ0v) is 5.35. The molecule has 0 rings (SSSR count). The van der Waals surface area contributed by atoms with E-state index in [1.54, 1.807) is 0 Å². The van der Waals surface area contributed by atoms with Crippen molar-refractivity contribution in [2.45, 2.75) is 19.8 Å². The Morgan fingerprint density at radius 2 is 2.38 bits per heavy atom. The minimum atomic E-state index is 0.164. The topological polar surface area (TPSA) is 20.2 Å². The van der Waals surface area contributed by atoms with Gasteiger partial charge in [0.25, 0.3) is 0 Å². The van der Waals surface area contributed by atoms with Gasteiger partial charge in [0.05, 0.1) is 6.61 Å². The molecule has 0 saturated heterocycles. The lowest BCUT2D eigenvalue weighted by Crippen LogP contribution is -1.86. The molecule has 0 heterocycles. The molecule has 0 saturated carbocycles. The molecule has 0 amide bonds. The van der Waals surface area contributed by atoms with E-state index in [0.29, 0.717) is 0 Å². The molecule has 0 spiro atoms. The Balaban J connectivity index is 3.49. The Morgan fingerprint density at radius 3 is 2.50 bits per heavy atom. The quantitative estimate of drug-likeness (QED) is 0.550. The molecule has 0 atom stereocenters. The Morgan fingerprint density at radius 1 is 1.75 bits per heavy atom. The van der Waals surface area contributed by atoms with Gasteiger partial charge in [0.2, 0.25) is 0 Å². The molecule has 0 aromatic rings. The average molecular weight is 113 g/mol.